The number of rotatable bonds is 6. The number of amides is 1. The maximum atomic E-state index is 12.9. The number of carbonyl (C=O) groups is 2. The van der Waals surface area contributed by atoms with Crippen LogP contribution in [0, 0.1) is 18.8 Å². The summed E-state index contributed by atoms with van der Waals surface area (Å²) in [5.41, 5.74) is 4.75. The van der Waals surface area contributed by atoms with Crippen LogP contribution >= 0.6 is 0 Å². The minimum atomic E-state index is -4.18. The van der Waals surface area contributed by atoms with E-state index in [4.69, 9.17) is 4.74 Å². The number of nitrogens with one attached hydrogen (secondary N) is 2. The first-order valence-electron chi connectivity index (χ1n) is 11.7. The molecule has 1 aliphatic carbocycles. The smallest absolute Gasteiger partial charge is 0.391 e. The number of methoxy groups -OCH3 is 1. The number of carbonyl (C=O) groups excluding carboxylic acids is 2. The molecule has 2 aromatic heterocycles. The third-order valence-corrected chi connectivity index (χ3v) is 6.79. The van der Waals surface area contributed by atoms with Gasteiger partial charge in [0.15, 0.2) is 0 Å². The lowest BCUT2D eigenvalue weighted by atomic mass is 9.81. The van der Waals surface area contributed by atoms with Gasteiger partial charge in [0, 0.05) is 23.2 Å². The second kappa shape index (κ2) is 10.1. The topological polar surface area (TPSA) is 84.1 Å². The average Bonchev–Trinajstić information content (AvgIpc) is 3.27. The summed E-state index contributed by atoms with van der Waals surface area (Å²) in [6, 6.07) is 9.36. The molecule has 186 valence electrons. The number of nitrogens with zero attached hydrogens (tertiary/aromatic N) is 1. The number of pyridine rings is 1. The number of esters is 1. The maximum absolute atomic E-state index is 12.9. The summed E-state index contributed by atoms with van der Waals surface area (Å²) >= 11 is 0. The fourth-order valence-electron chi connectivity index (χ4n) is 4.64. The van der Waals surface area contributed by atoms with Crippen molar-refractivity contribution in [3.05, 3.63) is 58.9 Å². The van der Waals surface area contributed by atoms with E-state index in [-0.39, 0.29) is 31.6 Å². The number of hydrogen-bond acceptors (Lipinski definition) is 4. The van der Waals surface area contributed by atoms with Gasteiger partial charge in [-0.1, -0.05) is 6.07 Å². The van der Waals surface area contributed by atoms with Crippen molar-refractivity contribution in [2.45, 2.75) is 51.6 Å². The molecule has 0 aliphatic heterocycles. The van der Waals surface area contributed by atoms with Gasteiger partial charge in [0.05, 0.1) is 13.0 Å². The number of anilines is 1. The molecular weight excluding hydrogens is 459 g/mol. The lowest BCUT2D eigenvalue weighted by molar-refractivity contribution is -0.184. The zero-order chi connectivity index (χ0) is 25.2. The molecule has 1 saturated carbocycles. The van der Waals surface area contributed by atoms with E-state index in [1.165, 1.54) is 7.11 Å². The van der Waals surface area contributed by atoms with Crippen molar-refractivity contribution in [3.8, 4) is 0 Å². The third-order valence-electron chi connectivity index (χ3n) is 6.79. The Bertz CT molecular complexity index is 1230. The summed E-state index contributed by atoms with van der Waals surface area (Å²) in [6.07, 6.45) is -0.490. The lowest BCUT2D eigenvalue weighted by Gasteiger charge is -2.29. The number of fused-ring (bicyclic) bond motifs is 1. The van der Waals surface area contributed by atoms with Gasteiger partial charge in [-0.25, -0.2) is 9.78 Å². The zero-order valence-corrected chi connectivity index (χ0v) is 19.7. The fraction of sp³-hybridized carbons (Fsp3) is 0.423. The SMILES string of the molecule is COC(=O)c1cc2cc(CCc3cc(NC(=O)C4CCC(C(F)(F)F)CC4)ccc3C)cnc2[nH]1. The van der Waals surface area contributed by atoms with Gasteiger partial charge in [-0.3, -0.25) is 4.79 Å². The molecule has 35 heavy (non-hydrogen) atoms. The van der Waals surface area contributed by atoms with Crippen LogP contribution in [0.2, 0.25) is 0 Å². The molecule has 1 fully saturated rings. The van der Waals surface area contributed by atoms with Gasteiger partial charge >= 0.3 is 12.1 Å². The second-order valence-electron chi connectivity index (χ2n) is 9.18. The molecule has 1 aliphatic rings. The zero-order valence-electron chi connectivity index (χ0n) is 19.7. The van der Waals surface area contributed by atoms with Crippen molar-refractivity contribution in [2.75, 3.05) is 12.4 Å². The van der Waals surface area contributed by atoms with Gasteiger partial charge < -0.3 is 15.0 Å². The standard InChI is InChI=1S/C26H28F3N3O3/c1-15-3-10-21(31-24(33)17-6-8-20(9-7-17)26(27,28)29)12-18(15)5-4-16-11-19-13-22(25(34)35-2)32-23(19)30-14-16/h3,10-14,17,20H,4-9H2,1-2H3,(H,30,32)(H,31,33). The number of aromatic nitrogens is 2. The summed E-state index contributed by atoms with van der Waals surface area (Å²) in [7, 11) is 1.32. The Morgan fingerprint density at radius 1 is 1.11 bits per heavy atom. The van der Waals surface area contributed by atoms with E-state index in [1.54, 1.807) is 12.3 Å². The van der Waals surface area contributed by atoms with Crippen molar-refractivity contribution >= 4 is 28.6 Å². The first kappa shape index (κ1) is 24.8. The summed E-state index contributed by atoms with van der Waals surface area (Å²) in [5.74, 6) is -2.37. The van der Waals surface area contributed by atoms with Crippen LogP contribution in [-0.2, 0) is 22.4 Å². The normalized spacial score (nSPS) is 18.4. The van der Waals surface area contributed by atoms with Crippen LogP contribution in [-0.4, -0.2) is 35.1 Å². The van der Waals surface area contributed by atoms with Gasteiger partial charge in [-0.05, 0) is 86.4 Å². The van der Waals surface area contributed by atoms with E-state index < -0.39 is 24.0 Å². The molecule has 2 N–H and O–H groups in total. The highest BCUT2D eigenvalue weighted by molar-refractivity contribution is 5.94. The Labute approximate surface area is 201 Å². The van der Waals surface area contributed by atoms with Crippen LogP contribution in [0.15, 0.2) is 36.5 Å². The minimum Gasteiger partial charge on any atom is -0.464 e. The number of hydrogen-bond donors (Lipinski definition) is 2. The monoisotopic (exact) mass is 487 g/mol. The molecule has 0 saturated heterocycles. The van der Waals surface area contributed by atoms with Crippen LogP contribution < -0.4 is 5.32 Å². The highest BCUT2D eigenvalue weighted by Crippen LogP contribution is 2.39. The number of halogens is 3. The van der Waals surface area contributed by atoms with Crippen LogP contribution in [0.1, 0.15) is 52.9 Å². The van der Waals surface area contributed by atoms with Crippen molar-refractivity contribution in [1.29, 1.82) is 0 Å². The van der Waals surface area contributed by atoms with Gasteiger partial charge in [0.25, 0.3) is 0 Å². The van der Waals surface area contributed by atoms with E-state index in [1.807, 2.05) is 31.2 Å². The van der Waals surface area contributed by atoms with E-state index in [2.05, 4.69) is 15.3 Å². The van der Waals surface area contributed by atoms with Crippen LogP contribution in [0.25, 0.3) is 11.0 Å². The average molecular weight is 488 g/mol. The molecule has 9 heteroatoms. The Hall–Kier alpha value is -3.36. The van der Waals surface area contributed by atoms with Gasteiger partial charge in [-0.15, -0.1) is 0 Å². The molecular formula is C26H28F3N3O3. The molecule has 1 aromatic carbocycles. The molecule has 0 atom stereocenters. The highest BCUT2D eigenvalue weighted by atomic mass is 19.4. The number of H-pyrrole nitrogens is 1. The van der Waals surface area contributed by atoms with E-state index in [0.717, 1.165) is 22.1 Å². The van der Waals surface area contributed by atoms with Crippen molar-refractivity contribution in [2.24, 2.45) is 11.8 Å². The number of aryl methyl sites for hydroxylation is 3. The Kier molecular flexibility index (Phi) is 7.14. The van der Waals surface area contributed by atoms with E-state index in [9.17, 15) is 22.8 Å². The summed E-state index contributed by atoms with van der Waals surface area (Å²) < 4.78 is 43.4. The second-order valence-corrected chi connectivity index (χ2v) is 9.18. The number of aromatic amines is 1. The summed E-state index contributed by atoms with van der Waals surface area (Å²) in [4.78, 5) is 31.7. The fourth-order valence-corrected chi connectivity index (χ4v) is 4.64. The minimum absolute atomic E-state index is 0.00137. The van der Waals surface area contributed by atoms with Crippen molar-refractivity contribution < 1.29 is 27.5 Å². The summed E-state index contributed by atoms with van der Waals surface area (Å²) in [6.45, 7) is 2.00. The van der Waals surface area contributed by atoms with E-state index in [0.29, 0.717) is 29.9 Å². The van der Waals surface area contributed by atoms with Crippen molar-refractivity contribution in [3.63, 3.8) is 0 Å². The van der Waals surface area contributed by atoms with Gasteiger partial charge in [0.2, 0.25) is 5.91 Å². The Morgan fingerprint density at radius 3 is 2.54 bits per heavy atom. The van der Waals surface area contributed by atoms with Crippen molar-refractivity contribution in [1.82, 2.24) is 9.97 Å². The maximum Gasteiger partial charge on any atom is 0.391 e. The number of alkyl halides is 3. The quantitative estimate of drug-likeness (QED) is 0.434. The van der Waals surface area contributed by atoms with Crippen LogP contribution in [0.5, 0.6) is 0 Å². The molecule has 0 radical (unpaired) electrons. The highest BCUT2D eigenvalue weighted by Gasteiger charge is 2.42. The molecule has 0 unspecified atom stereocenters. The summed E-state index contributed by atoms with van der Waals surface area (Å²) in [5, 5.41) is 3.71. The Morgan fingerprint density at radius 2 is 1.86 bits per heavy atom. The molecule has 6 nitrogen and oxygen atoms in total. The van der Waals surface area contributed by atoms with Gasteiger partial charge in [0.1, 0.15) is 11.3 Å². The Balaban J connectivity index is 1.38. The molecule has 2 heterocycles. The molecule has 0 bridgehead atoms. The van der Waals surface area contributed by atoms with E-state index >= 15 is 0 Å². The number of ether oxygens (including phenoxy) is 1. The molecule has 3 aromatic rings. The third kappa shape index (κ3) is 5.83. The first-order chi connectivity index (χ1) is 16.6. The molecule has 0 spiro atoms. The largest absolute Gasteiger partial charge is 0.464 e. The predicted octanol–water partition coefficient (Wildman–Crippen LogP) is 5.75. The van der Waals surface area contributed by atoms with Gasteiger partial charge in [-0.2, -0.15) is 13.2 Å². The number of benzene rings is 1. The first-order valence-corrected chi connectivity index (χ1v) is 11.7. The lowest BCUT2D eigenvalue weighted by Crippen LogP contribution is -2.32. The molecule has 1 amide bonds. The predicted molar refractivity (Wildman–Crippen MR) is 126 cm³/mol. The van der Waals surface area contributed by atoms with Crippen LogP contribution in [0.4, 0.5) is 18.9 Å². The van der Waals surface area contributed by atoms with Crippen LogP contribution in [0.3, 0.4) is 0 Å². The molecule has 4 rings (SSSR count).